The van der Waals surface area contributed by atoms with Crippen LogP contribution in [0.25, 0.3) is 0 Å². The van der Waals surface area contributed by atoms with Crippen molar-refractivity contribution >= 4 is 70.9 Å². The van der Waals surface area contributed by atoms with Crippen molar-refractivity contribution in [2.75, 3.05) is 6.54 Å². The number of phenolic OH excluding ortho intramolecular Hbond substituents is 1. The molecule has 0 fully saturated rings. The second-order valence-electron chi connectivity index (χ2n) is 17.5. The number of hydrogen-bond acceptors (Lipinski definition) is 15. The van der Waals surface area contributed by atoms with Crippen LogP contribution in [0.2, 0.25) is 0 Å². The first-order chi connectivity index (χ1) is 33.5. The molecule has 0 aliphatic carbocycles. The van der Waals surface area contributed by atoms with Crippen LogP contribution in [-0.2, 0) is 64.0 Å². The highest BCUT2D eigenvalue weighted by molar-refractivity contribution is 5.98. The molecule has 0 spiro atoms. The van der Waals surface area contributed by atoms with Crippen LogP contribution in [0.15, 0.2) is 24.3 Å². The monoisotopic (exact) mass is 1020 g/mol. The number of carbonyl (C=O) groups excluding carboxylic acids is 11. The van der Waals surface area contributed by atoms with Gasteiger partial charge in [-0.15, -0.1) is 0 Å². The van der Waals surface area contributed by atoms with E-state index in [9.17, 15) is 62.6 Å². The summed E-state index contributed by atoms with van der Waals surface area (Å²) in [6.45, 7) is 13.5. The number of phenols is 1. The molecule has 0 aromatic heterocycles. The smallest absolute Gasteiger partial charge is 0.325 e. The fraction of sp³-hybridized carbons (Fsp3) is 0.600. The summed E-state index contributed by atoms with van der Waals surface area (Å²) in [6, 6.07) is -8.52. The minimum atomic E-state index is -1.28. The van der Waals surface area contributed by atoms with E-state index in [0.717, 1.165) is 0 Å². The maximum absolute atomic E-state index is 13.4. The highest BCUT2D eigenvalue weighted by Crippen LogP contribution is 2.12. The fourth-order valence-electron chi connectivity index (χ4n) is 6.02. The number of carboxylic acid groups (broad SMARTS) is 1. The lowest BCUT2D eigenvalue weighted by Gasteiger charge is -2.25. The Kier molecular flexibility index (Phi) is 26.4. The van der Waals surface area contributed by atoms with Crippen molar-refractivity contribution in [3.8, 4) is 5.75 Å². The van der Waals surface area contributed by atoms with E-state index in [1.807, 2.05) is 0 Å². The van der Waals surface area contributed by atoms with E-state index in [4.69, 9.17) is 16.6 Å². The van der Waals surface area contributed by atoms with Gasteiger partial charge in [0, 0.05) is 6.42 Å². The van der Waals surface area contributed by atoms with Gasteiger partial charge in [-0.2, -0.15) is 0 Å². The zero-order valence-corrected chi connectivity index (χ0v) is 42.2. The zero-order chi connectivity index (χ0) is 55.2. The summed E-state index contributed by atoms with van der Waals surface area (Å²) in [5, 5.41) is 45.4. The summed E-state index contributed by atoms with van der Waals surface area (Å²) < 4.78 is 0. The lowest BCUT2D eigenvalue weighted by Crippen LogP contribution is -2.59. The number of hydrogen-bond donors (Lipinski definition) is 15. The first-order valence-corrected chi connectivity index (χ1v) is 23.3. The number of aliphatic carboxylic acids is 1. The maximum Gasteiger partial charge on any atom is 0.325 e. The third-order valence-electron chi connectivity index (χ3n) is 10.7. The Morgan fingerprint density at radius 1 is 0.403 bits per heavy atom. The van der Waals surface area contributed by atoms with Crippen LogP contribution >= 0.6 is 0 Å². The zero-order valence-electron chi connectivity index (χ0n) is 42.2. The van der Waals surface area contributed by atoms with E-state index < -0.39 is 143 Å². The van der Waals surface area contributed by atoms with Crippen molar-refractivity contribution in [2.45, 2.75) is 167 Å². The molecule has 402 valence electrons. The van der Waals surface area contributed by atoms with Crippen molar-refractivity contribution in [1.29, 1.82) is 0 Å². The third kappa shape index (κ3) is 22.1. The van der Waals surface area contributed by atoms with Gasteiger partial charge in [0.05, 0.1) is 6.04 Å². The van der Waals surface area contributed by atoms with Crippen molar-refractivity contribution < 1.29 is 67.7 Å². The van der Waals surface area contributed by atoms with Gasteiger partial charge in [0.2, 0.25) is 65.0 Å². The summed E-state index contributed by atoms with van der Waals surface area (Å²) in [6.07, 6.45) is 0.945. The lowest BCUT2D eigenvalue weighted by atomic mass is 10.0. The number of unbranched alkanes of at least 4 members (excludes halogenated alkanes) is 1. The quantitative estimate of drug-likeness (QED) is 0.0334. The normalized spacial score (nSPS) is 15.9. The van der Waals surface area contributed by atoms with Crippen LogP contribution in [0.3, 0.4) is 0 Å². The highest BCUT2D eigenvalue weighted by Gasteiger charge is 2.32. The number of benzene rings is 1. The van der Waals surface area contributed by atoms with Gasteiger partial charge in [-0.05, 0) is 113 Å². The molecule has 0 radical (unpaired) electrons. The van der Waals surface area contributed by atoms with Gasteiger partial charge in [0.1, 0.15) is 72.2 Å². The average Bonchev–Trinajstić information content (AvgIpc) is 3.30. The molecule has 0 saturated carbocycles. The summed E-state index contributed by atoms with van der Waals surface area (Å²) in [5.41, 5.74) is 11.7. The second-order valence-corrected chi connectivity index (χ2v) is 17.5. The summed E-state index contributed by atoms with van der Waals surface area (Å²) >= 11 is 0. The molecule has 17 N–H and O–H groups in total. The van der Waals surface area contributed by atoms with Crippen molar-refractivity contribution in [1.82, 2.24) is 58.5 Å². The number of carboxylic acids is 1. The summed E-state index contributed by atoms with van der Waals surface area (Å²) in [7, 11) is 0. The van der Waals surface area contributed by atoms with Gasteiger partial charge < -0.3 is 80.2 Å². The van der Waals surface area contributed by atoms with Gasteiger partial charge in [0.25, 0.3) is 0 Å². The number of nitrogens with two attached hydrogens (primary N) is 2. The Morgan fingerprint density at radius 2 is 0.681 bits per heavy atom. The molecule has 1 aromatic rings. The van der Waals surface area contributed by atoms with Gasteiger partial charge in [-0.25, -0.2) is 0 Å². The van der Waals surface area contributed by atoms with Crippen LogP contribution in [0, 0.1) is 0 Å². The molecule has 72 heavy (non-hydrogen) atoms. The molecule has 0 unspecified atom stereocenters. The van der Waals surface area contributed by atoms with Crippen molar-refractivity contribution in [3.63, 3.8) is 0 Å². The molecule has 0 aliphatic rings. The number of carbonyl (C=O) groups is 12. The van der Waals surface area contributed by atoms with Gasteiger partial charge in [-0.1, -0.05) is 12.1 Å². The molecular weight excluding hydrogens is 947 g/mol. The molecule has 0 bridgehead atoms. The predicted molar refractivity (Wildman–Crippen MR) is 258 cm³/mol. The minimum absolute atomic E-state index is 0.0394. The average molecular weight is 1020 g/mol. The number of rotatable bonds is 29. The fourth-order valence-corrected chi connectivity index (χ4v) is 6.02. The minimum Gasteiger partial charge on any atom is -0.508 e. The SMILES string of the molecule is C[C@H](N)C(=O)N[C@@H](C)C(=O)N[C@@H](Cc1ccc(O)cc1)C(=O)N[C@@H](C)C(=O)N[C@@H](C)C(=O)N[C@@H](C)C(=O)N[C@@H](C)C(=O)N[C@@H](C)C(=O)N[C@@H](C)C(=O)N[C@@H](CCCCN)C(=O)N[C@@H](C)C(=O)N[C@@H](C)C(=O)O. The molecular formula is C45H73N13O14. The highest BCUT2D eigenvalue weighted by atomic mass is 16.4. The second kappa shape index (κ2) is 30.3. The Labute approximate surface area is 417 Å². The summed E-state index contributed by atoms with van der Waals surface area (Å²) in [5.74, 6) is -9.86. The first-order valence-electron chi connectivity index (χ1n) is 23.3. The maximum atomic E-state index is 13.4. The van der Waals surface area contributed by atoms with Crippen LogP contribution in [0.1, 0.15) is 94.1 Å². The predicted octanol–water partition coefficient (Wildman–Crippen LogP) is -4.99. The van der Waals surface area contributed by atoms with Crippen LogP contribution in [0.5, 0.6) is 5.75 Å². The first kappa shape index (κ1) is 62.6. The molecule has 1 rings (SSSR count). The topological polar surface area (TPSA) is 430 Å². The van der Waals surface area contributed by atoms with Crippen LogP contribution in [-0.4, -0.2) is 160 Å². The molecule has 12 atom stereocenters. The summed E-state index contributed by atoms with van der Waals surface area (Å²) in [4.78, 5) is 153. The van der Waals surface area contributed by atoms with E-state index >= 15 is 0 Å². The number of nitrogens with one attached hydrogen (secondary N) is 11. The Hall–Kier alpha value is -7.42. The molecule has 0 heterocycles. The molecule has 27 nitrogen and oxygen atoms in total. The van der Waals surface area contributed by atoms with Crippen molar-refractivity contribution in [2.24, 2.45) is 11.5 Å². The standard InChI is InChI=1S/C45H73N13O14/c1-20(47)34(60)48-27(8)42(68)58-33(19-30-14-16-31(59)17-15-30)44(70)55-25(6)39(65)52-23(4)37(63)50-21(2)35(61)49-22(3)36(62)51-24(5)38(64)53-28(9)41(67)57-32(13-11-12-18-46)43(69)54-26(7)40(66)56-29(10)45(71)72/h14-17,20-29,32-33,59H,11-13,18-19,46-47H2,1-10H3,(H,48,60)(H,49,61)(H,50,63)(H,51,62)(H,52,65)(H,53,64)(H,54,69)(H,55,70)(H,56,66)(H,57,67)(H,58,68)(H,71,72)/t20-,21-,22-,23-,24-,25-,26-,27-,28-,29-,32-,33-/m0/s1. The molecule has 0 saturated heterocycles. The molecule has 1 aromatic carbocycles. The Balaban J connectivity index is 2.79. The van der Waals surface area contributed by atoms with Crippen molar-refractivity contribution in [3.05, 3.63) is 29.8 Å². The van der Waals surface area contributed by atoms with Crippen LogP contribution < -0.4 is 70.0 Å². The van der Waals surface area contributed by atoms with Crippen LogP contribution in [0.4, 0.5) is 0 Å². The molecule has 0 aliphatic heterocycles. The largest absolute Gasteiger partial charge is 0.508 e. The van der Waals surface area contributed by atoms with E-state index in [1.165, 1.54) is 93.5 Å². The number of amides is 11. The van der Waals surface area contributed by atoms with Gasteiger partial charge >= 0.3 is 5.97 Å². The van der Waals surface area contributed by atoms with Gasteiger partial charge in [0.15, 0.2) is 0 Å². The molecule has 11 amide bonds. The van der Waals surface area contributed by atoms with E-state index in [0.29, 0.717) is 24.9 Å². The molecule has 27 heteroatoms. The van der Waals surface area contributed by atoms with Gasteiger partial charge in [-0.3, -0.25) is 57.5 Å². The number of aromatic hydroxyl groups is 1. The van der Waals surface area contributed by atoms with E-state index in [1.54, 1.807) is 0 Å². The Bertz CT molecular complexity index is 2110. The third-order valence-corrected chi connectivity index (χ3v) is 10.7. The lowest BCUT2D eigenvalue weighted by molar-refractivity contribution is -0.141. The van der Waals surface area contributed by atoms with E-state index in [-0.39, 0.29) is 18.6 Å². The van der Waals surface area contributed by atoms with E-state index in [2.05, 4.69) is 58.5 Å². The Morgan fingerprint density at radius 3 is 1.00 bits per heavy atom.